The van der Waals surface area contributed by atoms with E-state index in [0.29, 0.717) is 22.8 Å². The number of benzene rings is 2. The molecule has 1 aliphatic rings. The topological polar surface area (TPSA) is 94.1 Å². The predicted octanol–water partition coefficient (Wildman–Crippen LogP) is 2.34. The Bertz CT molecular complexity index is 852. The van der Waals surface area contributed by atoms with E-state index in [0.717, 1.165) is 0 Å². The summed E-state index contributed by atoms with van der Waals surface area (Å²) in [4.78, 5) is 24.2. The minimum absolute atomic E-state index is 0.0457. The molecule has 1 heterocycles. The van der Waals surface area contributed by atoms with Gasteiger partial charge in [0.2, 0.25) is 6.10 Å². The van der Waals surface area contributed by atoms with Crippen LogP contribution in [0.4, 0.5) is 0 Å². The van der Waals surface area contributed by atoms with E-state index in [1.54, 1.807) is 49.4 Å². The van der Waals surface area contributed by atoms with Crippen LogP contribution >= 0.6 is 0 Å². The lowest BCUT2D eigenvalue weighted by Gasteiger charge is -2.33. The van der Waals surface area contributed by atoms with E-state index in [1.807, 2.05) is 6.07 Å². The Morgan fingerprint density at radius 3 is 2.67 bits per heavy atom. The molecule has 0 saturated carbocycles. The van der Waals surface area contributed by atoms with Crippen molar-refractivity contribution in [2.45, 2.75) is 25.0 Å². The lowest BCUT2D eigenvalue weighted by Crippen LogP contribution is -2.52. The summed E-state index contributed by atoms with van der Waals surface area (Å²) >= 11 is 0. The summed E-state index contributed by atoms with van der Waals surface area (Å²) < 4.78 is 16.5. The third-order valence-corrected chi connectivity index (χ3v) is 4.41. The summed E-state index contributed by atoms with van der Waals surface area (Å²) in [5.41, 5.74) is -0.521. The monoisotopic (exact) mass is 371 g/mol. The molecule has 0 bridgehead atoms. The van der Waals surface area contributed by atoms with Crippen LogP contribution in [-0.2, 0) is 15.1 Å². The first-order chi connectivity index (χ1) is 12.9. The molecule has 142 valence electrons. The summed E-state index contributed by atoms with van der Waals surface area (Å²) in [6, 6.07) is 14.0. The molecule has 2 aromatic rings. The third-order valence-electron chi connectivity index (χ3n) is 4.41. The Hall–Kier alpha value is -3.22. The molecule has 0 saturated heterocycles. The van der Waals surface area contributed by atoms with Crippen molar-refractivity contribution in [1.29, 1.82) is 0 Å². The van der Waals surface area contributed by atoms with Gasteiger partial charge in [0.25, 0.3) is 5.91 Å². The van der Waals surface area contributed by atoms with Gasteiger partial charge >= 0.3 is 5.97 Å². The number of rotatable bonds is 6. The highest BCUT2D eigenvalue weighted by molar-refractivity contribution is 5.83. The lowest BCUT2D eigenvalue weighted by molar-refractivity contribution is -0.140. The first kappa shape index (κ1) is 18.6. The SMILES string of the molecule is COc1cccc(C(C)(CC(=O)O)NC(=O)C2COc3ccccc3O2)c1. The fraction of sp³-hybridized carbons (Fsp3) is 0.300. The van der Waals surface area contributed by atoms with E-state index < -0.39 is 23.5 Å². The molecule has 1 aliphatic heterocycles. The van der Waals surface area contributed by atoms with Gasteiger partial charge in [0, 0.05) is 0 Å². The van der Waals surface area contributed by atoms with Crippen molar-refractivity contribution in [3.05, 3.63) is 54.1 Å². The summed E-state index contributed by atoms with van der Waals surface area (Å²) in [6.45, 7) is 1.70. The van der Waals surface area contributed by atoms with Crippen LogP contribution < -0.4 is 19.5 Å². The average Bonchev–Trinajstić information content (AvgIpc) is 2.67. The van der Waals surface area contributed by atoms with Gasteiger partial charge < -0.3 is 24.6 Å². The molecular weight excluding hydrogens is 350 g/mol. The second-order valence-electron chi connectivity index (χ2n) is 6.49. The van der Waals surface area contributed by atoms with E-state index in [4.69, 9.17) is 14.2 Å². The van der Waals surface area contributed by atoms with Crippen LogP contribution in [0.2, 0.25) is 0 Å². The van der Waals surface area contributed by atoms with Gasteiger partial charge in [-0.15, -0.1) is 0 Å². The molecule has 2 aromatic carbocycles. The number of methoxy groups -OCH3 is 1. The van der Waals surface area contributed by atoms with Gasteiger partial charge in [-0.05, 0) is 36.8 Å². The minimum atomic E-state index is -1.14. The summed E-state index contributed by atoms with van der Waals surface area (Å²) in [5, 5.41) is 12.2. The van der Waals surface area contributed by atoms with Crippen molar-refractivity contribution < 1.29 is 28.9 Å². The third kappa shape index (κ3) is 4.13. The molecule has 0 spiro atoms. The second-order valence-corrected chi connectivity index (χ2v) is 6.49. The Kier molecular flexibility index (Phi) is 5.21. The van der Waals surface area contributed by atoms with Crippen LogP contribution in [0.15, 0.2) is 48.5 Å². The molecule has 0 radical (unpaired) electrons. The highest BCUT2D eigenvalue weighted by Crippen LogP contribution is 2.32. The molecule has 7 heteroatoms. The molecule has 3 rings (SSSR count). The standard InChI is InChI=1S/C20H21NO6/c1-20(11-18(22)23,13-6-5-7-14(10-13)25-2)21-19(24)17-12-26-15-8-3-4-9-16(15)27-17/h3-10,17H,11-12H2,1-2H3,(H,21,24)(H,22,23). The highest BCUT2D eigenvalue weighted by atomic mass is 16.6. The number of hydrogen-bond donors (Lipinski definition) is 2. The number of amides is 1. The van der Waals surface area contributed by atoms with Crippen molar-refractivity contribution in [2.75, 3.05) is 13.7 Å². The zero-order valence-corrected chi connectivity index (χ0v) is 15.1. The molecule has 2 unspecified atom stereocenters. The van der Waals surface area contributed by atoms with Crippen LogP contribution in [0.1, 0.15) is 18.9 Å². The van der Waals surface area contributed by atoms with Crippen molar-refractivity contribution in [2.24, 2.45) is 0 Å². The maximum Gasteiger partial charge on any atom is 0.306 e. The Morgan fingerprint density at radius 2 is 1.96 bits per heavy atom. The Morgan fingerprint density at radius 1 is 1.22 bits per heavy atom. The number of carboxylic acid groups (broad SMARTS) is 1. The molecule has 2 N–H and O–H groups in total. The summed E-state index contributed by atoms with van der Waals surface area (Å²) in [7, 11) is 1.52. The van der Waals surface area contributed by atoms with Gasteiger partial charge in [-0.2, -0.15) is 0 Å². The number of ether oxygens (including phenoxy) is 3. The van der Waals surface area contributed by atoms with Gasteiger partial charge in [-0.1, -0.05) is 24.3 Å². The Balaban J connectivity index is 1.82. The molecule has 0 aliphatic carbocycles. The number of carbonyl (C=O) groups is 2. The van der Waals surface area contributed by atoms with Gasteiger partial charge in [0.15, 0.2) is 11.5 Å². The number of aliphatic carboxylic acids is 1. The smallest absolute Gasteiger partial charge is 0.306 e. The highest BCUT2D eigenvalue weighted by Gasteiger charge is 2.36. The van der Waals surface area contributed by atoms with E-state index in [2.05, 4.69) is 5.32 Å². The van der Waals surface area contributed by atoms with Crippen LogP contribution in [0.5, 0.6) is 17.2 Å². The largest absolute Gasteiger partial charge is 0.497 e. The normalized spacial score (nSPS) is 17.5. The first-order valence-corrected chi connectivity index (χ1v) is 8.48. The van der Waals surface area contributed by atoms with Crippen LogP contribution in [0.25, 0.3) is 0 Å². The number of fused-ring (bicyclic) bond motifs is 1. The number of carbonyl (C=O) groups excluding carboxylic acids is 1. The van der Waals surface area contributed by atoms with Gasteiger partial charge in [-0.3, -0.25) is 9.59 Å². The molecule has 7 nitrogen and oxygen atoms in total. The number of hydrogen-bond acceptors (Lipinski definition) is 5. The fourth-order valence-corrected chi connectivity index (χ4v) is 2.99. The Labute approximate surface area is 156 Å². The van der Waals surface area contributed by atoms with Crippen LogP contribution in [0, 0.1) is 0 Å². The van der Waals surface area contributed by atoms with Gasteiger partial charge in [0.1, 0.15) is 12.4 Å². The molecule has 2 atom stereocenters. The van der Waals surface area contributed by atoms with Crippen molar-refractivity contribution in [1.82, 2.24) is 5.32 Å². The van der Waals surface area contributed by atoms with Crippen molar-refractivity contribution in [3.8, 4) is 17.2 Å². The molecule has 0 aromatic heterocycles. The lowest BCUT2D eigenvalue weighted by atomic mass is 9.88. The number of nitrogens with one attached hydrogen (secondary N) is 1. The van der Waals surface area contributed by atoms with Crippen LogP contribution in [-0.4, -0.2) is 36.8 Å². The zero-order chi connectivity index (χ0) is 19.4. The summed E-state index contributed by atoms with van der Waals surface area (Å²) in [5.74, 6) is 0.139. The molecule has 27 heavy (non-hydrogen) atoms. The summed E-state index contributed by atoms with van der Waals surface area (Å²) in [6.07, 6.45) is -1.17. The zero-order valence-electron chi connectivity index (χ0n) is 15.1. The first-order valence-electron chi connectivity index (χ1n) is 8.48. The number of para-hydroxylation sites is 2. The van der Waals surface area contributed by atoms with Crippen molar-refractivity contribution >= 4 is 11.9 Å². The van der Waals surface area contributed by atoms with E-state index in [9.17, 15) is 14.7 Å². The maximum absolute atomic E-state index is 12.8. The predicted molar refractivity (Wildman–Crippen MR) is 97.1 cm³/mol. The van der Waals surface area contributed by atoms with E-state index in [1.165, 1.54) is 7.11 Å². The van der Waals surface area contributed by atoms with Crippen LogP contribution in [0.3, 0.4) is 0 Å². The average molecular weight is 371 g/mol. The quantitative estimate of drug-likeness (QED) is 0.809. The molecule has 1 amide bonds. The fourth-order valence-electron chi connectivity index (χ4n) is 2.99. The maximum atomic E-state index is 12.8. The van der Waals surface area contributed by atoms with E-state index in [-0.39, 0.29) is 13.0 Å². The van der Waals surface area contributed by atoms with Gasteiger partial charge in [-0.25, -0.2) is 0 Å². The van der Waals surface area contributed by atoms with Gasteiger partial charge in [0.05, 0.1) is 19.1 Å². The van der Waals surface area contributed by atoms with E-state index >= 15 is 0 Å². The minimum Gasteiger partial charge on any atom is -0.497 e. The van der Waals surface area contributed by atoms with Crippen molar-refractivity contribution in [3.63, 3.8) is 0 Å². The molecular formula is C20H21NO6. The molecule has 0 fully saturated rings. The second kappa shape index (κ2) is 7.57. The number of carboxylic acids is 1.